The Hall–Kier alpha value is -1.06. The van der Waals surface area contributed by atoms with E-state index in [1.165, 1.54) is 0 Å². The average Bonchev–Trinajstić information content (AvgIpc) is 1.86. The molecule has 0 aromatic heterocycles. The molecule has 0 spiro atoms. The van der Waals surface area contributed by atoms with E-state index >= 15 is 0 Å². The average molecular weight is 343 g/mol. The summed E-state index contributed by atoms with van der Waals surface area (Å²) < 4.78 is 3.39. The van der Waals surface area contributed by atoms with Crippen LogP contribution in [0.3, 0.4) is 0 Å². The van der Waals surface area contributed by atoms with Crippen molar-refractivity contribution in [3.8, 4) is 0 Å². The van der Waals surface area contributed by atoms with Crippen LogP contribution in [-0.2, 0) is 0 Å². The van der Waals surface area contributed by atoms with Gasteiger partial charge < -0.3 is 46.0 Å². The van der Waals surface area contributed by atoms with E-state index in [0.29, 0.717) is 0 Å². The van der Waals surface area contributed by atoms with Gasteiger partial charge in [-0.15, -0.1) is 0 Å². The van der Waals surface area contributed by atoms with E-state index in [1.807, 2.05) is 0 Å². The van der Waals surface area contributed by atoms with Crippen LogP contribution in [0.25, 0.3) is 0 Å². The van der Waals surface area contributed by atoms with Crippen LogP contribution < -0.4 is 1.70 Å². The molecule has 0 aliphatic rings. The van der Waals surface area contributed by atoms with Gasteiger partial charge in [0.1, 0.15) is 0 Å². The van der Waals surface area contributed by atoms with Crippen LogP contribution in [0.4, 0.5) is 0 Å². The summed E-state index contributed by atoms with van der Waals surface area (Å²) in [7, 11) is 0. The maximum absolute atomic E-state index is 8.25. The van der Waals surface area contributed by atoms with Gasteiger partial charge in [0.25, 0.3) is 0 Å². The molecule has 0 aromatic carbocycles. The van der Waals surface area contributed by atoms with E-state index < -0.39 is 15.3 Å². The Kier molecular flexibility index (Phi) is 37.4. The molecule has 0 heterocycles. The minimum atomic E-state index is -1.75. The zero-order chi connectivity index (χ0) is 12.7. The van der Waals surface area contributed by atoms with Gasteiger partial charge in [0.15, 0.2) is 0 Å². The molecule has 0 saturated heterocycles. The van der Waals surface area contributed by atoms with E-state index in [0.717, 1.165) is 40.0 Å². The molecule has 3 N–H and O–H groups in total. The van der Waals surface area contributed by atoms with Crippen molar-refractivity contribution in [2.75, 3.05) is 0 Å². The Labute approximate surface area is 102 Å². The summed E-state index contributed by atoms with van der Waals surface area (Å²) in [6, 6.07) is 0. The summed E-state index contributed by atoms with van der Waals surface area (Å²) in [6.07, 6.45) is 0. The third kappa shape index (κ3) is 955. The first-order valence-corrected chi connectivity index (χ1v) is 4.22. The third-order valence-electron chi connectivity index (χ3n) is 0. The molecule has 81 valence electrons. The summed E-state index contributed by atoms with van der Waals surface area (Å²) in [5, 5.41) is 44.2. The first kappa shape index (κ1) is 23.1. The number of hydrogen-bond donors (Lipinski definition) is 1. The zero-order valence-electron chi connectivity index (χ0n) is 6.22. The molecule has 14 heavy (non-hydrogen) atoms. The van der Waals surface area contributed by atoms with Crippen molar-refractivity contribution in [3.63, 3.8) is 0 Å². The molecule has 0 aliphatic carbocycles. The molecular weight excluding hydrogens is 340 g/mol. The van der Waals surface area contributed by atoms with Gasteiger partial charge in [0.2, 0.25) is 0 Å². The second-order valence-corrected chi connectivity index (χ2v) is 0.671. The van der Waals surface area contributed by atoms with Crippen molar-refractivity contribution in [2.24, 2.45) is 0 Å². The maximum atomic E-state index is 8.25. The van der Waals surface area contributed by atoms with Crippen molar-refractivity contribution in [1.29, 1.82) is 0 Å². The summed E-state index contributed by atoms with van der Waals surface area (Å²) in [6.45, 7) is 0. The molecule has 0 bridgehead atoms. The fourth-order valence-electron chi connectivity index (χ4n) is 0. The number of hydrogen-bond acceptors (Lipinski definition) is 9. The van der Waals surface area contributed by atoms with Crippen molar-refractivity contribution < 1.29 is 57.0 Å². The number of nitrogens with zero attached hydrogens (tertiary/aromatic N) is 3. The van der Waals surface area contributed by atoms with Crippen LogP contribution in [0.1, 0.15) is 0 Å². The van der Waals surface area contributed by atoms with Crippen molar-refractivity contribution in [3.05, 3.63) is 46.0 Å². The monoisotopic (exact) mass is 343 g/mol. The van der Waals surface area contributed by atoms with Crippen LogP contribution in [-0.4, -0.2) is 15.3 Å². The molecule has 0 aromatic rings. The van der Waals surface area contributed by atoms with E-state index in [1.54, 1.807) is 0 Å². The quantitative estimate of drug-likeness (QED) is 0.377. The van der Waals surface area contributed by atoms with Gasteiger partial charge in [-0.25, -0.2) is 0 Å². The molecule has 14 heteroatoms. The second-order valence-electron chi connectivity index (χ2n) is 0.671. The van der Waals surface area contributed by atoms with Crippen LogP contribution in [0.2, 0.25) is 0 Å². The van der Waals surface area contributed by atoms with Gasteiger partial charge >= 0.3 is 41.7 Å². The topological polar surface area (TPSA) is 226 Å². The van der Waals surface area contributed by atoms with Gasteiger partial charge in [0.05, 0.1) is 15.3 Å². The van der Waals surface area contributed by atoms with Gasteiger partial charge in [-0.3, -0.25) is 0 Å². The molecule has 0 unspecified atom stereocenters. The first-order chi connectivity index (χ1) is 6.20. The molecular formula is H3CeN4O9. The Balaban J connectivity index is -0.0000000492. The fourth-order valence-corrected chi connectivity index (χ4v) is 0. The van der Waals surface area contributed by atoms with E-state index in [2.05, 4.69) is 1.70 Å². The predicted molar refractivity (Wildman–Crippen MR) is 34.0 cm³/mol. The number of rotatable bonds is 0. The van der Waals surface area contributed by atoms with Crippen LogP contribution in [0.5, 0.6) is 0 Å². The SMILES string of the molecule is O=[N+]([O-])[O-].O=[N+]([O-])[O-].O=[N+]([O-])[O-].[NH3+][Ce+2]. The Morgan fingerprint density at radius 1 is 0.643 bits per heavy atom. The first-order valence-electron chi connectivity index (χ1n) is 2.00. The van der Waals surface area contributed by atoms with Gasteiger partial charge in [-0.2, -0.15) is 0 Å². The summed E-state index contributed by atoms with van der Waals surface area (Å²) in [5.41, 5.74) is 0. The standard InChI is InChI=1S/Ce.3NO3.H3N/c;3*2-1(3)4;/h;;;;1H3/q+3;3*-1;. The molecule has 0 atom stereocenters. The molecule has 0 saturated carbocycles. The summed E-state index contributed by atoms with van der Waals surface area (Å²) >= 11 is 1.06. The third-order valence-corrected chi connectivity index (χ3v) is 0. The van der Waals surface area contributed by atoms with Crippen LogP contribution >= 0.6 is 0 Å². The predicted octanol–water partition coefficient (Wildman–Crippen LogP) is -2.02. The van der Waals surface area contributed by atoms with Gasteiger partial charge in [0, 0.05) is 0 Å². The zero-order valence-corrected chi connectivity index (χ0v) is 9.36. The van der Waals surface area contributed by atoms with E-state index in [9.17, 15) is 0 Å². The van der Waals surface area contributed by atoms with Gasteiger partial charge in [-0.05, 0) is 0 Å². The second kappa shape index (κ2) is 22.7. The molecule has 0 aliphatic heterocycles. The Morgan fingerprint density at radius 3 is 0.643 bits per heavy atom. The van der Waals surface area contributed by atoms with Crippen molar-refractivity contribution >= 4 is 0 Å². The van der Waals surface area contributed by atoms with E-state index in [-0.39, 0.29) is 0 Å². The summed E-state index contributed by atoms with van der Waals surface area (Å²) in [5.74, 6) is 0. The molecule has 13 nitrogen and oxygen atoms in total. The van der Waals surface area contributed by atoms with Crippen molar-refractivity contribution in [1.82, 2.24) is 0 Å². The normalized spacial score (nSPS) is 5.64. The van der Waals surface area contributed by atoms with Gasteiger partial charge in [-0.1, -0.05) is 0 Å². The van der Waals surface area contributed by atoms with Crippen molar-refractivity contribution in [2.45, 2.75) is 0 Å². The molecule has 0 amide bonds. The van der Waals surface area contributed by atoms with Crippen LogP contribution in [0.15, 0.2) is 0 Å². The van der Waals surface area contributed by atoms with Crippen LogP contribution in [0, 0.1) is 86.0 Å². The Bertz CT molecular complexity index is 114. The summed E-state index contributed by atoms with van der Waals surface area (Å²) in [4.78, 5) is 24.8. The Morgan fingerprint density at radius 2 is 0.643 bits per heavy atom. The van der Waals surface area contributed by atoms with E-state index in [4.69, 9.17) is 46.0 Å². The minimum absolute atomic E-state index is 1.06. The molecule has 0 rings (SSSR count). The fraction of sp³-hybridized carbons (Fsp3) is 0. The number of quaternary nitrogens is 1. The molecule has 0 radical (unpaired) electrons. The molecule has 0 fully saturated rings.